The molecule has 110 valence electrons. The summed E-state index contributed by atoms with van der Waals surface area (Å²) in [5, 5.41) is 18.1. The minimum absolute atomic E-state index is 0.191. The number of carboxylic acids is 1. The van der Waals surface area contributed by atoms with Crippen molar-refractivity contribution in [1.82, 2.24) is 4.72 Å². The summed E-state index contributed by atoms with van der Waals surface area (Å²) in [6, 6.07) is 2.12. The maximum Gasteiger partial charge on any atom is 0.339 e. The number of carbonyl (C=O) groups is 2. The molecule has 0 aliphatic heterocycles. The Bertz CT molecular complexity index is 640. The van der Waals surface area contributed by atoms with Gasteiger partial charge in [0.1, 0.15) is 11.3 Å². The number of aromatic hydroxyl groups is 1. The fraction of sp³-hybridized carbons (Fsp3) is 0.273. The largest absolute Gasteiger partial charge is 0.507 e. The van der Waals surface area contributed by atoms with Gasteiger partial charge in [0.25, 0.3) is 0 Å². The van der Waals surface area contributed by atoms with Gasteiger partial charge in [-0.2, -0.15) is 0 Å². The van der Waals surface area contributed by atoms with Gasteiger partial charge in [0, 0.05) is 12.5 Å². The maximum absolute atomic E-state index is 12.0. The summed E-state index contributed by atoms with van der Waals surface area (Å²) in [5.41, 5.74) is 4.42. The first-order valence-electron chi connectivity index (χ1n) is 5.50. The van der Waals surface area contributed by atoms with Crippen LogP contribution in [0.25, 0.3) is 0 Å². The van der Waals surface area contributed by atoms with E-state index in [-0.39, 0.29) is 11.3 Å². The Hall–Kier alpha value is -2.13. The molecule has 20 heavy (non-hydrogen) atoms. The predicted molar refractivity (Wildman–Crippen MR) is 68.7 cm³/mol. The van der Waals surface area contributed by atoms with Crippen LogP contribution in [0.3, 0.4) is 0 Å². The molecule has 5 N–H and O–H groups in total. The molecule has 1 aromatic rings. The number of rotatable bonds is 6. The summed E-state index contributed by atoms with van der Waals surface area (Å²) in [4.78, 5) is 21.2. The number of amides is 1. The second kappa shape index (κ2) is 5.88. The van der Waals surface area contributed by atoms with E-state index in [1.54, 1.807) is 0 Å². The number of hydrogen-bond donors (Lipinski definition) is 4. The molecule has 0 aromatic heterocycles. The zero-order chi connectivity index (χ0) is 15.5. The Balaban J connectivity index is 3.07. The first-order chi connectivity index (χ1) is 9.13. The Kier molecular flexibility index (Phi) is 4.69. The van der Waals surface area contributed by atoms with Gasteiger partial charge in [-0.15, -0.1) is 0 Å². The molecular formula is C11H14N2O6S. The number of phenols is 1. The van der Waals surface area contributed by atoms with E-state index in [1.165, 1.54) is 6.92 Å². The Morgan fingerprint density at radius 1 is 1.40 bits per heavy atom. The molecule has 0 saturated carbocycles. The topological polar surface area (TPSA) is 147 Å². The molecule has 0 radical (unpaired) electrons. The van der Waals surface area contributed by atoms with Crippen molar-refractivity contribution in [3.8, 4) is 5.75 Å². The van der Waals surface area contributed by atoms with Gasteiger partial charge in [0.2, 0.25) is 15.9 Å². The lowest BCUT2D eigenvalue weighted by Crippen LogP contribution is -2.35. The molecule has 0 saturated heterocycles. The number of hydrogen-bond acceptors (Lipinski definition) is 5. The van der Waals surface area contributed by atoms with Crippen molar-refractivity contribution in [2.24, 2.45) is 5.73 Å². The van der Waals surface area contributed by atoms with Crippen LogP contribution in [0.4, 0.5) is 0 Å². The SMILES string of the molecule is CC(CC(N)=O)NS(=O)(=O)c1ccc(O)c(C(=O)O)c1. The van der Waals surface area contributed by atoms with Crippen molar-refractivity contribution in [1.29, 1.82) is 0 Å². The first kappa shape index (κ1) is 15.9. The number of benzene rings is 1. The van der Waals surface area contributed by atoms with E-state index in [2.05, 4.69) is 4.72 Å². The third-order valence-electron chi connectivity index (χ3n) is 2.37. The third kappa shape index (κ3) is 3.93. The average Bonchev–Trinajstić information content (AvgIpc) is 2.26. The van der Waals surface area contributed by atoms with Gasteiger partial charge < -0.3 is 15.9 Å². The van der Waals surface area contributed by atoms with E-state index in [0.717, 1.165) is 18.2 Å². The van der Waals surface area contributed by atoms with E-state index in [1.807, 2.05) is 0 Å². The second-order valence-corrected chi connectivity index (χ2v) is 5.89. The summed E-state index contributed by atoms with van der Waals surface area (Å²) in [6.45, 7) is 1.45. The van der Waals surface area contributed by atoms with Crippen molar-refractivity contribution in [2.45, 2.75) is 24.3 Å². The molecule has 9 heteroatoms. The monoisotopic (exact) mass is 302 g/mol. The van der Waals surface area contributed by atoms with Crippen LogP contribution in [0.1, 0.15) is 23.7 Å². The van der Waals surface area contributed by atoms with E-state index in [9.17, 15) is 23.1 Å². The van der Waals surface area contributed by atoms with Gasteiger partial charge in [-0.1, -0.05) is 0 Å². The Labute approximate surface area is 115 Å². The number of nitrogens with two attached hydrogens (primary N) is 1. The van der Waals surface area contributed by atoms with Gasteiger partial charge in [0.05, 0.1) is 4.90 Å². The van der Waals surface area contributed by atoms with Crippen LogP contribution >= 0.6 is 0 Å². The summed E-state index contributed by atoms with van der Waals surface area (Å²) in [5.74, 6) is -2.66. The maximum atomic E-state index is 12.0. The molecule has 1 rings (SSSR count). The summed E-state index contributed by atoms with van der Waals surface area (Å²) in [7, 11) is -4.01. The number of primary amides is 1. The Morgan fingerprint density at radius 3 is 2.50 bits per heavy atom. The van der Waals surface area contributed by atoms with Crippen molar-refractivity contribution in [3.63, 3.8) is 0 Å². The molecule has 1 atom stereocenters. The van der Waals surface area contributed by atoms with Crippen molar-refractivity contribution in [2.75, 3.05) is 0 Å². The minimum Gasteiger partial charge on any atom is -0.507 e. The quantitative estimate of drug-likeness (QED) is 0.564. The van der Waals surface area contributed by atoms with Crippen molar-refractivity contribution >= 4 is 21.9 Å². The van der Waals surface area contributed by atoms with Crippen LogP contribution < -0.4 is 10.5 Å². The van der Waals surface area contributed by atoms with Gasteiger partial charge in [-0.05, 0) is 25.1 Å². The number of nitrogens with one attached hydrogen (secondary N) is 1. The van der Waals surface area contributed by atoms with Crippen LogP contribution in [-0.2, 0) is 14.8 Å². The van der Waals surface area contributed by atoms with Crippen LogP contribution in [0.2, 0.25) is 0 Å². The van der Waals surface area contributed by atoms with Gasteiger partial charge in [-0.25, -0.2) is 17.9 Å². The standard InChI is InChI=1S/C11H14N2O6S/c1-6(4-10(12)15)13-20(18,19)7-2-3-9(14)8(5-7)11(16)17/h2-3,5-6,13-14H,4H2,1H3,(H2,12,15)(H,16,17). The Morgan fingerprint density at radius 2 is 2.00 bits per heavy atom. The summed E-state index contributed by atoms with van der Waals surface area (Å²) < 4.78 is 26.1. The van der Waals surface area contributed by atoms with E-state index >= 15 is 0 Å². The average molecular weight is 302 g/mol. The molecule has 0 bridgehead atoms. The predicted octanol–water partition coefficient (Wildman–Crippen LogP) is -0.367. The number of carboxylic acid groups (broad SMARTS) is 1. The molecule has 0 heterocycles. The molecule has 0 spiro atoms. The molecule has 0 fully saturated rings. The van der Waals surface area contributed by atoms with Gasteiger partial charge in [-0.3, -0.25) is 4.79 Å². The van der Waals surface area contributed by atoms with Gasteiger partial charge in [0.15, 0.2) is 0 Å². The number of carbonyl (C=O) groups excluding carboxylic acids is 1. The van der Waals surface area contributed by atoms with Crippen LogP contribution in [0.15, 0.2) is 23.1 Å². The van der Waals surface area contributed by atoms with E-state index < -0.39 is 39.3 Å². The fourth-order valence-corrected chi connectivity index (χ4v) is 2.80. The van der Waals surface area contributed by atoms with Crippen molar-refractivity contribution in [3.05, 3.63) is 23.8 Å². The number of sulfonamides is 1. The molecular weight excluding hydrogens is 288 g/mol. The molecule has 1 aromatic carbocycles. The summed E-state index contributed by atoms with van der Waals surface area (Å²) >= 11 is 0. The number of aromatic carboxylic acids is 1. The highest BCUT2D eigenvalue weighted by atomic mass is 32.2. The van der Waals surface area contributed by atoms with Crippen LogP contribution in [0.5, 0.6) is 5.75 Å². The van der Waals surface area contributed by atoms with Crippen LogP contribution in [0, 0.1) is 0 Å². The van der Waals surface area contributed by atoms with E-state index in [4.69, 9.17) is 10.8 Å². The molecule has 0 aliphatic rings. The summed E-state index contributed by atoms with van der Waals surface area (Å²) in [6.07, 6.45) is -0.191. The molecule has 1 unspecified atom stereocenters. The highest BCUT2D eigenvalue weighted by Gasteiger charge is 2.21. The van der Waals surface area contributed by atoms with Crippen molar-refractivity contribution < 1.29 is 28.2 Å². The second-order valence-electron chi connectivity index (χ2n) is 4.18. The third-order valence-corrected chi connectivity index (χ3v) is 3.96. The van der Waals surface area contributed by atoms with Crippen LogP contribution in [-0.4, -0.2) is 36.5 Å². The minimum atomic E-state index is -4.01. The lowest BCUT2D eigenvalue weighted by molar-refractivity contribution is -0.118. The lowest BCUT2D eigenvalue weighted by Gasteiger charge is -2.13. The normalized spacial score (nSPS) is 12.8. The lowest BCUT2D eigenvalue weighted by atomic mass is 10.2. The molecule has 0 aliphatic carbocycles. The van der Waals surface area contributed by atoms with E-state index in [0.29, 0.717) is 0 Å². The van der Waals surface area contributed by atoms with Gasteiger partial charge >= 0.3 is 5.97 Å². The molecule has 8 nitrogen and oxygen atoms in total. The zero-order valence-corrected chi connectivity index (χ0v) is 11.3. The molecule has 1 amide bonds. The first-order valence-corrected chi connectivity index (χ1v) is 6.98. The highest BCUT2D eigenvalue weighted by Crippen LogP contribution is 2.21. The smallest absolute Gasteiger partial charge is 0.339 e. The fourth-order valence-electron chi connectivity index (χ4n) is 1.53. The zero-order valence-electron chi connectivity index (χ0n) is 10.5. The highest BCUT2D eigenvalue weighted by molar-refractivity contribution is 7.89.